The van der Waals surface area contributed by atoms with Gasteiger partial charge in [-0.1, -0.05) is 35.5 Å². The van der Waals surface area contributed by atoms with Gasteiger partial charge in [0.25, 0.3) is 0 Å². The predicted molar refractivity (Wildman–Crippen MR) is 78.4 cm³/mol. The first-order valence-electron chi connectivity index (χ1n) is 5.91. The smallest absolute Gasteiger partial charge is 0.237 e. The van der Waals surface area contributed by atoms with Crippen LogP contribution in [-0.4, -0.2) is 20.6 Å². The number of nitrogens with two attached hydrogens (primary N) is 1. The van der Waals surface area contributed by atoms with Gasteiger partial charge >= 0.3 is 0 Å². The summed E-state index contributed by atoms with van der Waals surface area (Å²) in [5, 5.41) is 10.6. The monoisotopic (exact) mass is 311 g/mol. The average Bonchev–Trinajstić information content (AvgIpc) is 2.79. The molecule has 0 bridgehead atoms. The number of primary amides is 1. The number of aliphatic hydroxyl groups excluding tert-OH is 1. The normalized spacial score (nSPS) is 10.7. The summed E-state index contributed by atoms with van der Waals surface area (Å²) in [6, 6.07) is 7.52. The molecule has 0 saturated carbocycles. The van der Waals surface area contributed by atoms with E-state index in [1.807, 2.05) is 24.3 Å². The largest absolute Gasteiger partial charge is 0.390 e. The van der Waals surface area contributed by atoms with Crippen LogP contribution in [-0.2, 0) is 23.7 Å². The summed E-state index contributed by atoms with van der Waals surface area (Å²) in [6.07, 6.45) is 1.55. The maximum atomic E-state index is 11.1. The Bertz CT molecular complexity index is 598. The second-order valence-electron chi connectivity index (χ2n) is 4.16. The van der Waals surface area contributed by atoms with E-state index < -0.39 is 5.91 Å². The lowest BCUT2D eigenvalue weighted by atomic mass is 10.2. The third-order valence-corrected chi connectivity index (χ3v) is 3.97. The fourth-order valence-corrected chi connectivity index (χ4v) is 2.77. The molecule has 5 nitrogen and oxygen atoms in total. The van der Waals surface area contributed by atoms with Crippen molar-refractivity contribution in [2.45, 2.75) is 24.1 Å². The molecule has 3 N–H and O–H groups in total. The molecule has 20 heavy (non-hydrogen) atoms. The number of halogens is 1. The van der Waals surface area contributed by atoms with Crippen LogP contribution in [0, 0.1) is 0 Å². The number of rotatable bonds is 6. The molecule has 2 aromatic rings. The number of carbonyl (C=O) groups excluding carboxylic acids is 1. The summed E-state index contributed by atoms with van der Waals surface area (Å²) in [5.41, 5.74) is 6.87. The van der Waals surface area contributed by atoms with Crippen LogP contribution in [0.2, 0.25) is 5.02 Å². The molecule has 0 saturated heterocycles. The first kappa shape index (κ1) is 14.9. The van der Waals surface area contributed by atoms with Crippen LogP contribution in [0.5, 0.6) is 0 Å². The Balaban J connectivity index is 2.10. The van der Waals surface area contributed by atoms with E-state index in [0.29, 0.717) is 21.6 Å². The topological polar surface area (TPSA) is 81.1 Å². The van der Waals surface area contributed by atoms with Crippen molar-refractivity contribution in [2.24, 2.45) is 5.73 Å². The minimum Gasteiger partial charge on any atom is -0.390 e. The number of hydrogen-bond donors (Lipinski definition) is 2. The molecule has 0 fully saturated rings. The first-order valence-corrected chi connectivity index (χ1v) is 7.27. The standard InChI is InChI=1S/C13H14ClN3O2S/c14-10-3-1-9(2-4-10)8-20-13-16-5-11(7-18)17(13)6-12(15)19/h1-5,18H,6-8H2,(H2,15,19). The number of imidazole rings is 1. The Morgan fingerprint density at radius 1 is 1.40 bits per heavy atom. The summed E-state index contributed by atoms with van der Waals surface area (Å²) in [6.45, 7) is -0.166. The SMILES string of the molecule is NC(=O)Cn1c(CO)cnc1SCc1ccc(Cl)cc1. The van der Waals surface area contributed by atoms with E-state index in [4.69, 9.17) is 17.3 Å². The third kappa shape index (κ3) is 3.75. The average molecular weight is 312 g/mol. The van der Waals surface area contributed by atoms with Crippen molar-refractivity contribution in [1.29, 1.82) is 0 Å². The molecule has 1 amide bonds. The van der Waals surface area contributed by atoms with Gasteiger partial charge in [-0.3, -0.25) is 4.79 Å². The highest BCUT2D eigenvalue weighted by Crippen LogP contribution is 2.23. The fraction of sp³-hybridized carbons (Fsp3) is 0.231. The summed E-state index contributed by atoms with van der Waals surface area (Å²) >= 11 is 7.31. The molecule has 106 valence electrons. The van der Waals surface area contributed by atoms with Crippen LogP contribution in [0.15, 0.2) is 35.6 Å². The van der Waals surface area contributed by atoms with Crippen molar-refractivity contribution in [3.05, 3.63) is 46.7 Å². The minimum absolute atomic E-state index is 0.0127. The summed E-state index contributed by atoms with van der Waals surface area (Å²) in [5.74, 6) is 0.226. The van der Waals surface area contributed by atoms with Crippen molar-refractivity contribution in [2.75, 3.05) is 0 Å². The van der Waals surface area contributed by atoms with E-state index in [-0.39, 0.29) is 13.2 Å². The van der Waals surface area contributed by atoms with Crippen molar-refractivity contribution in [3.63, 3.8) is 0 Å². The van der Waals surface area contributed by atoms with Crippen LogP contribution >= 0.6 is 23.4 Å². The zero-order valence-electron chi connectivity index (χ0n) is 10.6. The van der Waals surface area contributed by atoms with Gasteiger partial charge < -0.3 is 15.4 Å². The van der Waals surface area contributed by atoms with E-state index in [9.17, 15) is 9.90 Å². The fourth-order valence-electron chi connectivity index (χ4n) is 1.69. The molecule has 7 heteroatoms. The number of hydrogen-bond acceptors (Lipinski definition) is 4. The highest BCUT2D eigenvalue weighted by atomic mass is 35.5. The molecule has 0 spiro atoms. The predicted octanol–water partition coefficient (Wildman–Crippen LogP) is 1.81. The summed E-state index contributed by atoms with van der Waals surface area (Å²) in [7, 11) is 0. The first-order chi connectivity index (χ1) is 9.60. The van der Waals surface area contributed by atoms with Crippen LogP contribution < -0.4 is 5.73 Å². The third-order valence-electron chi connectivity index (χ3n) is 2.66. The molecule has 0 unspecified atom stereocenters. The molecule has 1 heterocycles. The van der Waals surface area contributed by atoms with Crippen molar-refractivity contribution >= 4 is 29.3 Å². The molecular formula is C13H14ClN3O2S. The van der Waals surface area contributed by atoms with E-state index in [1.54, 1.807) is 10.8 Å². The molecule has 0 radical (unpaired) electrons. The Morgan fingerprint density at radius 2 is 2.10 bits per heavy atom. The van der Waals surface area contributed by atoms with Gasteiger partial charge in [0.05, 0.1) is 18.5 Å². The van der Waals surface area contributed by atoms with Crippen LogP contribution in [0.3, 0.4) is 0 Å². The lowest BCUT2D eigenvalue weighted by Crippen LogP contribution is -2.20. The van der Waals surface area contributed by atoms with Gasteiger partial charge in [0.1, 0.15) is 6.54 Å². The van der Waals surface area contributed by atoms with Gasteiger partial charge in [-0.25, -0.2) is 4.98 Å². The van der Waals surface area contributed by atoms with E-state index in [1.165, 1.54) is 11.8 Å². The van der Waals surface area contributed by atoms with Gasteiger partial charge in [0.2, 0.25) is 5.91 Å². The minimum atomic E-state index is -0.467. The maximum absolute atomic E-state index is 11.1. The summed E-state index contributed by atoms with van der Waals surface area (Å²) < 4.78 is 1.63. The molecule has 2 rings (SSSR count). The number of aromatic nitrogens is 2. The summed E-state index contributed by atoms with van der Waals surface area (Å²) in [4.78, 5) is 15.3. The van der Waals surface area contributed by atoms with Crippen molar-refractivity contribution < 1.29 is 9.90 Å². The molecule has 0 atom stereocenters. The molecule has 0 aliphatic carbocycles. The highest BCUT2D eigenvalue weighted by molar-refractivity contribution is 7.98. The van der Waals surface area contributed by atoms with E-state index in [0.717, 1.165) is 5.56 Å². The number of thioether (sulfide) groups is 1. The van der Waals surface area contributed by atoms with E-state index in [2.05, 4.69) is 4.98 Å². The number of benzene rings is 1. The molecule has 1 aromatic carbocycles. The van der Waals surface area contributed by atoms with E-state index >= 15 is 0 Å². The lowest BCUT2D eigenvalue weighted by molar-refractivity contribution is -0.118. The molecule has 0 aliphatic rings. The lowest BCUT2D eigenvalue weighted by Gasteiger charge is -2.08. The molecular weight excluding hydrogens is 298 g/mol. The van der Waals surface area contributed by atoms with Crippen LogP contribution in [0.4, 0.5) is 0 Å². The second-order valence-corrected chi connectivity index (χ2v) is 5.54. The van der Waals surface area contributed by atoms with Gasteiger partial charge in [-0.2, -0.15) is 0 Å². The van der Waals surface area contributed by atoms with Gasteiger partial charge in [-0.15, -0.1) is 0 Å². The van der Waals surface area contributed by atoms with Gasteiger partial charge in [0, 0.05) is 10.8 Å². The Kier molecular flexibility index (Phi) is 5.05. The Labute approximate surface area is 125 Å². The molecule has 0 aliphatic heterocycles. The zero-order valence-corrected chi connectivity index (χ0v) is 12.2. The number of nitrogens with zero attached hydrogens (tertiary/aromatic N) is 2. The maximum Gasteiger partial charge on any atom is 0.237 e. The quantitative estimate of drug-likeness (QED) is 0.797. The number of carbonyl (C=O) groups is 1. The van der Waals surface area contributed by atoms with Gasteiger partial charge in [0.15, 0.2) is 5.16 Å². The van der Waals surface area contributed by atoms with Gasteiger partial charge in [-0.05, 0) is 17.7 Å². The van der Waals surface area contributed by atoms with Crippen LogP contribution in [0.1, 0.15) is 11.3 Å². The Morgan fingerprint density at radius 3 is 2.70 bits per heavy atom. The second kappa shape index (κ2) is 6.78. The van der Waals surface area contributed by atoms with Crippen molar-refractivity contribution in [3.8, 4) is 0 Å². The zero-order chi connectivity index (χ0) is 14.5. The number of amides is 1. The Hall–Kier alpha value is -1.50. The van der Waals surface area contributed by atoms with Crippen molar-refractivity contribution in [1.82, 2.24) is 9.55 Å². The highest BCUT2D eigenvalue weighted by Gasteiger charge is 2.12. The molecule has 1 aromatic heterocycles. The van der Waals surface area contributed by atoms with Crippen LogP contribution in [0.25, 0.3) is 0 Å². The number of aliphatic hydroxyl groups is 1.